The van der Waals surface area contributed by atoms with Gasteiger partial charge in [0.1, 0.15) is 5.75 Å². The monoisotopic (exact) mass is 302 g/mol. The minimum Gasteiger partial charge on any atom is -0.497 e. The lowest BCUT2D eigenvalue weighted by atomic mass is 10.1. The van der Waals surface area contributed by atoms with E-state index in [0.29, 0.717) is 17.1 Å². The first-order valence-corrected chi connectivity index (χ1v) is 7.40. The van der Waals surface area contributed by atoms with Gasteiger partial charge in [0.2, 0.25) is 0 Å². The average molecular weight is 302 g/mol. The first kappa shape index (κ1) is 13.6. The molecule has 0 spiro atoms. The van der Waals surface area contributed by atoms with Crippen LogP contribution in [-0.2, 0) is 6.42 Å². The molecule has 3 aromatic rings. The number of methoxy groups -OCH3 is 1. The Labute approximate surface area is 125 Å². The molecule has 6 heteroatoms. The molecule has 0 aliphatic heterocycles. The summed E-state index contributed by atoms with van der Waals surface area (Å²) in [7, 11) is 1.61. The summed E-state index contributed by atoms with van der Waals surface area (Å²) in [4.78, 5) is 16.7. The van der Waals surface area contributed by atoms with Crippen molar-refractivity contribution in [3.8, 4) is 17.0 Å². The molecule has 1 aromatic carbocycles. The van der Waals surface area contributed by atoms with Crippen LogP contribution in [0.4, 0.5) is 0 Å². The predicted molar refractivity (Wildman–Crippen MR) is 81.4 cm³/mol. The van der Waals surface area contributed by atoms with Gasteiger partial charge < -0.3 is 9.84 Å². The van der Waals surface area contributed by atoms with Crippen molar-refractivity contribution in [2.45, 2.75) is 13.3 Å². The molecule has 2 aromatic heterocycles. The number of aromatic carboxylic acids is 1. The Morgan fingerprint density at radius 1 is 1.38 bits per heavy atom. The molecule has 0 amide bonds. The number of aromatic nitrogens is 2. The van der Waals surface area contributed by atoms with Crippen LogP contribution in [0.3, 0.4) is 0 Å². The Bertz CT molecular complexity index is 802. The smallest absolute Gasteiger partial charge is 0.354 e. The van der Waals surface area contributed by atoms with Crippen molar-refractivity contribution < 1.29 is 14.6 Å². The number of benzene rings is 1. The van der Waals surface area contributed by atoms with Crippen LogP contribution in [-0.4, -0.2) is 27.6 Å². The highest BCUT2D eigenvalue weighted by Crippen LogP contribution is 2.30. The second-order valence-electron chi connectivity index (χ2n) is 4.53. The van der Waals surface area contributed by atoms with Crippen LogP contribution in [0, 0.1) is 0 Å². The number of hydrogen-bond donors (Lipinski definition) is 1. The lowest BCUT2D eigenvalue weighted by Crippen LogP contribution is -2.05. The van der Waals surface area contributed by atoms with E-state index in [4.69, 9.17) is 4.74 Å². The van der Waals surface area contributed by atoms with Crippen LogP contribution in [0.2, 0.25) is 0 Å². The highest BCUT2D eigenvalue weighted by Gasteiger charge is 2.21. The summed E-state index contributed by atoms with van der Waals surface area (Å²) in [5, 5.41) is 11.4. The maximum Gasteiger partial charge on any atom is 0.354 e. The van der Waals surface area contributed by atoms with E-state index >= 15 is 0 Å². The van der Waals surface area contributed by atoms with Crippen LogP contribution in [0.5, 0.6) is 5.75 Å². The lowest BCUT2D eigenvalue weighted by molar-refractivity contribution is 0.0688. The Balaban J connectivity index is 2.22. The zero-order valence-electron chi connectivity index (χ0n) is 11.7. The predicted octanol–water partition coefficient (Wildman–Crippen LogP) is 3.33. The number of thiazole rings is 1. The lowest BCUT2D eigenvalue weighted by Gasteiger charge is -2.04. The average Bonchev–Trinajstić information content (AvgIpc) is 3.05. The normalized spacial score (nSPS) is 11.0. The molecule has 0 bridgehead atoms. The molecule has 2 heterocycles. The van der Waals surface area contributed by atoms with Crippen LogP contribution in [0.25, 0.3) is 16.2 Å². The van der Waals surface area contributed by atoms with Crippen LogP contribution < -0.4 is 4.74 Å². The standard InChI is InChI=1S/C15H14N2O3S/c1-3-11-13(14(18)19)17-12(8-21-15(17)16-11)9-4-6-10(20-2)7-5-9/h4-8H,3H2,1-2H3,(H,18,19). The third-order valence-corrected chi connectivity index (χ3v) is 4.18. The Morgan fingerprint density at radius 3 is 2.67 bits per heavy atom. The first-order valence-electron chi connectivity index (χ1n) is 6.52. The largest absolute Gasteiger partial charge is 0.497 e. The quantitative estimate of drug-likeness (QED) is 0.803. The van der Waals surface area contributed by atoms with Gasteiger partial charge in [0.05, 0.1) is 18.5 Å². The van der Waals surface area contributed by atoms with Gasteiger partial charge in [0.15, 0.2) is 10.7 Å². The van der Waals surface area contributed by atoms with Crippen LogP contribution in [0.15, 0.2) is 29.6 Å². The van der Waals surface area contributed by atoms with Gasteiger partial charge in [-0.3, -0.25) is 4.40 Å². The van der Waals surface area contributed by atoms with Crippen molar-refractivity contribution >= 4 is 22.3 Å². The number of carbonyl (C=O) groups is 1. The second-order valence-corrected chi connectivity index (χ2v) is 5.37. The molecule has 0 aliphatic carbocycles. The van der Waals surface area contributed by atoms with Gasteiger partial charge >= 0.3 is 5.97 Å². The zero-order valence-corrected chi connectivity index (χ0v) is 12.5. The molecular weight excluding hydrogens is 288 g/mol. The summed E-state index contributed by atoms with van der Waals surface area (Å²) in [6, 6.07) is 7.54. The molecule has 0 saturated carbocycles. The van der Waals surface area contributed by atoms with Crippen molar-refractivity contribution in [3.05, 3.63) is 41.0 Å². The molecule has 21 heavy (non-hydrogen) atoms. The number of hydrogen-bond acceptors (Lipinski definition) is 4. The number of ether oxygens (including phenoxy) is 1. The molecule has 0 fully saturated rings. The summed E-state index contributed by atoms with van der Waals surface area (Å²) in [5.41, 5.74) is 2.63. The molecular formula is C15H14N2O3S. The molecule has 108 valence electrons. The van der Waals surface area contributed by atoms with E-state index in [1.54, 1.807) is 11.5 Å². The summed E-state index contributed by atoms with van der Waals surface area (Å²) in [6.07, 6.45) is 0.595. The molecule has 0 unspecified atom stereocenters. The molecule has 5 nitrogen and oxygen atoms in total. The van der Waals surface area contributed by atoms with Gasteiger partial charge in [0.25, 0.3) is 0 Å². The van der Waals surface area contributed by atoms with Crippen LogP contribution >= 0.6 is 11.3 Å². The molecule has 0 atom stereocenters. The second kappa shape index (κ2) is 5.21. The number of imidazole rings is 1. The van der Waals surface area contributed by atoms with Crippen molar-refractivity contribution in [1.82, 2.24) is 9.38 Å². The summed E-state index contributed by atoms with van der Waals surface area (Å²) >= 11 is 1.44. The highest BCUT2D eigenvalue weighted by molar-refractivity contribution is 7.15. The topological polar surface area (TPSA) is 63.8 Å². The van der Waals surface area contributed by atoms with Gasteiger partial charge in [-0.05, 0) is 36.2 Å². The van der Waals surface area contributed by atoms with E-state index in [2.05, 4.69) is 4.98 Å². The maximum atomic E-state index is 11.6. The molecule has 0 aliphatic rings. The zero-order chi connectivity index (χ0) is 15.0. The van der Waals surface area contributed by atoms with Gasteiger partial charge in [0, 0.05) is 5.38 Å². The fraction of sp³-hybridized carbons (Fsp3) is 0.200. The minimum atomic E-state index is -0.951. The van der Waals surface area contributed by atoms with Crippen molar-refractivity contribution in [2.75, 3.05) is 7.11 Å². The fourth-order valence-electron chi connectivity index (χ4n) is 2.33. The van der Waals surface area contributed by atoms with E-state index < -0.39 is 5.97 Å². The SMILES string of the molecule is CCc1nc2scc(-c3ccc(OC)cc3)n2c1C(=O)O. The number of aryl methyl sites for hydroxylation is 1. The molecule has 0 radical (unpaired) electrons. The summed E-state index contributed by atoms with van der Waals surface area (Å²) in [5.74, 6) is -0.184. The van der Waals surface area contributed by atoms with Gasteiger partial charge in [-0.1, -0.05) is 6.92 Å². The Hall–Kier alpha value is -2.34. The van der Waals surface area contributed by atoms with Crippen LogP contribution in [0.1, 0.15) is 23.1 Å². The number of fused-ring (bicyclic) bond motifs is 1. The van der Waals surface area contributed by atoms with E-state index in [9.17, 15) is 9.90 Å². The van der Waals surface area contributed by atoms with Crippen molar-refractivity contribution in [1.29, 1.82) is 0 Å². The Kier molecular flexibility index (Phi) is 3.39. The first-order chi connectivity index (χ1) is 10.2. The summed E-state index contributed by atoms with van der Waals surface area (Å²) < 4.78 is 6.86. The third-order valence-electron chi connectivity index (χ3n) is 3.36. The van der Waals surface area contributed by atoms with E-state index in [1.165, 1.54) is 11.3 Å². The van der Waals surface area contributed by atoms with E-state index in [-0.39, 0.29) is 5.69 Å². The third kappa shape index (κ3) is 2.17. The Morgan fingerprint density at radius 2 is 2.10 bits per heavy atom. The number of carboxylic acids is 1. The summed E-state index contributed by atoms with van der Waals surface area (Å²) in [6.45, 7) is 1.91. The molecule has 3 rings (SSSR count). The number of nitrogens with zero attached hydrogens (tertiary/aromatic N) is 2. The van der Waals surface area contributed by atoms with Gasteiger partial charge in [-0.25, -0.2) is 9.78 Å². The molecule has 1 N–H and O–H groups in total. The van der Waals surface area contributed by atoms with Gasteiger partial charge in [-0.2, -0.15) is 0 Å². The van der Waals surface area contributed by atoms with Gasteiger partial charge in [-0.15, -0.1) is 11.3 Å². The fourth-order valence-corrected chi connectivity index (χ4v) is 3.25. The van der Waals surface area contributed by atoms with Crippen molar-refractivity contribution in [2.24, 2.45) is 0 Å². The minimum absolute atomic E-state index is 0.250. The highest BCUT2D eigenvalue weighted by atomic mass is 32.1. The number of carboxylic acid groups (broad SMARTS) is 1. The maximum absolute atomic E-state index is 11.6. The van der Waals surface area contributed by atoms with Crippen molar-refractivity contribution in [3.63, 3.8) is 0 Å². The van der Waals surface area contributed by atoms with E-state index in [0.717, 1.165) is 17.0 Å². The molecule has 0 saturated heterocycles. The number of rotatable bonds is 4. The van der Waals surface area contributed by atoms with E-state index in [1.807, 2.05) is 36.6 Å².